The van der Waals surface area contributed by atoms with Crippen molar-refractivity contribution in [3.05, 3.63) is 135 Å². The van der Waals surface area contributed by atoms with E-state index in [1.807, 2.05) is 97.1 Å². The number of urea groups is 2. The average molecular weight is 1000 g/mol. The molecule has 4 aromatic rings. The SMILES string of the molecule is C=CCN=C=O.C=CCNC(=O)Nc1ccccc1SSc1ccccc1NC(=O)NCC=C.II.Nc1ccccc1SSc1ccccc1N. The largest absolute Gasteiger partial charge is 0.398 e. The van der Waals surface area contributed by atoms with Gasteiger partial charge in [0.2, 0.25) is 6.08 Å². The number of carbonyl (C=O) groups is 2. The second kappa shape index (κ2) is 30.0. The molecule has 0 aliphatic heterocycles. The Hall–Kier alpha value is -3.52. The number of benzene rings is 4. The molecule has 274 valence electrons. The number of nitrogens with one attached hydrogen (secondary N) is 4. The van der Waals surface area contributed by atoms with E-state index in [4.69, 9.17) is 11.5 Å². The van der Waals surface area contributed by atoms with Gasteiger partial charge in [-0.2, -0.15) is 0 Å². The molecule has 0 saturated heterocycles. The summed E-state index contributed by atoms with van der Waals surface area (Å²) in [5, 5.41) is 11.0. The number of nitrogen functional groups attached to an aromatic ring is 2. The van der Waals surface area contributed by atoms with Crippen LogP contribution in [0, 0.1) is 0 Å². The van der Waals surface area contributed by atoms with E-state index >= 15 is 0 Å². The predicted molar refractivity (Wildman–Crippen MR) is 244 cm³/mol. The number of halogens is 2. The van der Waals surface area contributed by atoms with Gasteiger partial charge >= 0.3 is 12.1 Å². The highest BCUT2D eigenvalue weighted by molar-refractivity contribution is 15.0. The first kappa shape index (κ1) is 46.5. The van der Waals surface area contributed by atoms with Crippen LogP contribution in [0.15, 0.2) is 160 Å². The van der Waals surface area contributed by atoms with E-state index in [1.165, 1.54) is 33.7 Å². The first-order chi connectivity index (χ1) is 25.3. The molecule has 4 amide bonds. The Morgan fingerprint density at radius 3 is 1.29 bits per heavy atom. The Kier molecular flexibility index (Phi) is 26.8. The lowest BCUT2D eigenvalue weighted by Gasteiger charge is -2.13. The zero-order valence-corrected chi connectivity index (χ0v) is 35.5. The molecule has 0 bridgehead atoms. The maximum Gasteiger partial charge on any atom is 0.319 e. The zero-order chi connectivity index (χ0) is 38.4. The molecular formula is C36H39I2N7O3S4. The van der Waals surface area contributed by atoms with Crippen LogP contribution in [-0.2, 0) is 4.79 Å². The van der Waals surface area contributed by atoms with Crippen LogP contribution in [0.5, 0.6) is 0 Å². The number of hydrogen-bond acceptors (Lipinski definition) is 10. The van der Waals surface area contributed by atoms with Crippen molar-refractivity contribution in [1.29, 1.82) is 0 Å². The van der Waals surface area contributed by atoms with E-state index in [0.717, 1.165) is 31.0 Å². The van der Waals surface area contributed by atoms with Gasteiger partial charge in [-0.1, -0.05) is 110 Å². The summed E-state index contributed by atoms with van der Waals surface area (Å²) in [5.74, 6) is 0. The number of aliphatic imine (C=N–C) groups is 1. The van der Waals surface area contributed by atoms with Crippen molar-refractivity contribution in [1.82, 2.24) is 10.6 Å². The molecule has 8 N–H and O–H groups in total. The molecule has 0 radical (unpaired) electrons. The number of rotatable bonds is 14. The summed E-state index contributed by atoms with van der Waals surface area (Å²) in [7, 11) is 6.23. The van der Waals surface area contributed by atoms with Gasteiger partial charge in [-0.3, -0.25) is 0 Å². The number of hydrogen-bond donors (Lipinski definition) is 6. The van der Waals surface area contributed by atoms with Crippen LogP contribution in [0.2, 0.25) is 0 Å². The lowest BCUT2D eigenvalue weighted by molar-refractivity contribution is 0.252. The van der Waals surface area contributed by atoms with Crippen molar-refractivity contribution in [2.24, 2.45) is 4.99 Å². The van der Waals surface area contributed by atoms with Crippen molar-refractivity contribution in [2.75, 3.05) is 41.7 Å². The molecule has 0 heterocycles. The van der Waals surface area contributed by atoms with Crippen molar-refractivity contribution in [3.63, 3.8) is 0 Å². The van der Waals surface area contributed by atoms with Gasteiger partial charge < -0.3 is 32.7 Å². The first-order valence-corrected chi connectivity index (χ1v) is 25.6. The number of isocyanates is 1. The number of para-hydroxylation sites is 4. The molecule has 10 nitrogen and oxygen atoms in total. The normalized spacial score (nSPS) is 9.27. The molecule has 0 spiro atoms. The summed E-state index contributed by atoms with van der Waals surface area (Å²) in [6.07, 6.45) is 6.14. The van der Waals surface area contributed by atoms with Crippen LogP contribution < -0.4 is 32.7 Å². The number of carbonyl (C=O) groups excluding carboxylic acids is 3. The van der Waals surface area contributed by atoms with Crippen LogP contribution in [0.4, 0.5) is 32.3 Å². The molecule has 0 aromatic heterocycles. The second-order valence-electron chi connectivity index (χ2n) is 9.37. The fourth-order valence-corrected chi connectivity index (χ4v) is 7.84. The van der Waals surface area contributed by atoms with Crippen LogP contribution >= 0.6 is 80.4 Å². The van der Waals surface area contributed by atoms with E-state index in [1.54, 1.807) is 33.7 Å². The minimum Gasteiger partial charge on any atom is -0.398 e. The van der Waals surface area contributed by atoms with Gasteiger partial charge in [0.25, 0.3) is 0 Å². The molecular weight excluding hydrogens is 961 g/mol. The van der Waals surface area contributed by atoms with Crippen LogP contribution in [0.3, 0.4) is 0 Å². The summed E-state index contributed by atoms with van der Waals surface area (Å²) in [4.78, 5) is 40.1. The molecule has 0 aliphatic carbocycles. The molecule has 0 fully saturated rings. The van der Waals surface area contributed by atoms with E-state index in [0.29, 0.717) is 31.0 Å². The minimum atomic E-state index is -0.293. The fraction of sp³-hybridized carbons (Fsp3) is 0.0833. The van der Waals surface area contributed by atoms with Gasteiger partial charge in [0.15, 0.2) is 0 Å². The number of anilines is 4. The third-order valence-electron chi connectivity index (χ3n) is 5.65. The third kappa shape index (κ3) is 19.9. The molecule has 52 heavy (non-hydrogen) atoms. The standard InChI is InChI=1S/C20H22N4O2S2.C12H12N2S2.C4H5NO.I2/c1-3-13-21-19(25)23-15-9-5-7-11-17(15)27-28-18-12-8-6-10-16(18)24-20(26)22-14-4-2;13-9-5-1-3-7-11(9)15-16-12-8-4-2-6-10(12)14;1-2-3-5-4-6;1-2/h3-12H,1-2,13-14H2,(H2,21,23,25)(H2,22,24,26);1-8H,13-14H2;2H,1,3H2;. The van der Waals surface area contributed by atoms with Gasteiger partial charge in [-0.15, -0.1) is 19.7 Å². The van der Waals surface area contributed by atoms with Crippen LogP contribution in [0.1, 0.15) is 0 Å². The smallest absolute Gasteiger partial charge is 0.319 e. The lowest BCUT2D eigenvalue weighted by atomic mass is 10.3. The van der Waals surface area contributed by atoms with E-state index in [2.05, 4.69) is 83.2 Å². The topological polar surface area (TPSA) is 164 Å². The maximum absolute atomic E-state index is 11.9. The number of nitrogens with two attached hydrogens (primary N) is 2. The monoisotopic (exact) mass is 999 g/mol. The summed E-state index contributed by atoms with van der Waals surface area (Å²) in [6.45, 7) is 11.6. The van der Waals surface area contributed by atoms with E-state index in [9.17, 15) is 14.4 Å². The Morgan fingerprint density at radius 1 is 0.615 bits per heavy atom. The highest BCUT2D eigenvalue weighted by atomic mass is 128. The van der Waals surface area contributed by atoms with Gasteiger partial charge in [-0.05, 0) is 48.5 Å². The summed E-state index contributed by atoms with van der Waals surface area (Å²) >= 11 is 4.24. The second-order valence-corrected chi connectivity index (χ2v) is 13.8. The maximum atomic E-state index is 11.9. The van der Waals surface area contributed by atoms with Gasteiger partial charge in [-0.25, -0.2) is 19.4 Å². The quantitative estimate of drug-likeness (QED) is 0.0180. The summed E-state index contributed by atoms with van der Waals surface area (Å²) < 4.78 is 0. The molecule has 16 heteroatoms. The van der Waals surface area contributed by atoms with Crippen molar-refractivity contribution < 1.29 is 14.4 Å². The zero-order valence-electron chi connectivity index (χ0n) is 27.9. The summed E-state index contributed by atoms with van der Waals surface area (Å²) in [5.41, 5.74) is 14.7. The molecule has 4 rings (SSSR count). The van der Waals surface area contributed by atoms with Crippen molar-refractivity contribution in [2.45, 2.75) is 19.6 Å². The highest BCUT2D eigenvalue weighted by Gasteiger charge is 2.11. The van der Waals surface area contributed by atoms with E-state index in [-0.39, 0.29) is 12.1 Å². The Balaban J connectivity index is 0.000000470. The van der Waals surface area contributed by atoms with Gasteiger partial charge in [0.1, 0.15) is 0 Å². The Bertz CT molecular complexity index is 1650. The lowest BCUT2D eigenvalue weighted by Crippen LogP contribution is -2.28. The van der Waals surface area contributed by atoms with Gasteiger partial charge in [0.05, 0.1) is 17.9 Å². The number of amides is 4. The average Bonchev–Trinajstić information content (AvgIpc) is 3.17. The van der Waals surface area contributed by atoms with Crippen molar-refractivity contribution >= 4 is 121 Å². The summed E-state index contributed by atoms with van der Waals surface area (Å²) in [6, 6.07) is 30.1. The van der Waals surface area contributed by atoms with Crippen molar-refractivity contribution in [3.8, 4) is 0 Å². The Labute approximate surface area is 344 Å². The fourth-order valence-electron chi connectivity index (χ4n) is 3.34. The van der Waals surface area contributed by atoms with Crippen LogP contribution in [-0.4, -0.2) is 37.8 Å². The first-order valence-electron chi connectivity index (χ1n) is 15.0. The number of nitrogens with zero attached hydrogens (tertiary/aromatic N) is 1. The minimum absolute atomic E-state index is 0.293. The van der Waals surface area contributed by atoms with Crippen LogP contribution in [0.25, 0.3) is 0 Å². The molecule has 0 atom stereocenters. The molecule has 0 unspecified atom stereocenters. The molecule has 0 saturated carbocycles. The molecule has 4 aromatic carbocycles. The molecule has 0 aliphatic rings. The Morgan fingerprint density at radius 2 is 0.962 bits per heavy atom. The van der Waals surface area contributed by atoms with Gasteiger partial charge in [0, 0.05) is 81.3 Å². The third-order valence-corrected chi connectivity index (χ3v) is 10.6. The van der Waals surface area contributed by atoms with E-state index < -0.39 is 0 Å². The predicted octanol–water partition coefficient (Wildman–Crippen LogP) is 11.0. The highest BCUT2D eigenvalue weighted by Crippen LogP contribution is 2.44.